The van der Waals surface area contributed by atoms with Gasteiger partial charge in [-0.15, -0.1) is 10.2 Å². The summed E-state index contributed by atoms with van der Waals surface area (Å²) in [4.78, 5) is 11.9. The molecule has 21 heavy (non-hydrogen) atoms. The van der Waals surface area contributed by atoms with Gasteiger partial charge in [-0.2, -0.15) is 13.2 Å². The number of hydrogen-bond donors (Lipinski definition) is 1. The molecule has 0 aliphatic rings. The first-order valence-electron chi connectivity index (χ1n) is 5.77. The molecule has 2 rings (SSSR count). The third-order valence-corrected chi connectivity index (χ3v) is 4.38. The minimum atomic E-state index is -4.39. The number of nitrogens with one attached hydrogen (secondary N) is 1. The van der Waals surface area contributed by atoms with E-state index >= 15 is 0 Å². The van der Waals surface area contributed by atoms with Crippen LogP contribution in [0.3, 0.4) is 0 Å². The summed E-state index contributed by atoms with van der Waals surface area (Å²) >= 11 is 2.55. The van der Waals surface area contributed by atoms with Crippen molar-refractivity contribution in [1.29, 1.82) is 0 Å². The van der Waals surface area contributed by atoms with E-state index in [9.17, 15) is 18.0 Å². The monoisotopic (exact) mass is 333 g/mol. The molecule has 1 aromatic heterocycles. The van der Waals surface area contributed by atoms with Crippen LogP contribution >= 0.6 is 23.1 Å². The van der Waals surface area contributed by atoms with E-state index in [4.69, 9.17) is 0 Å². The molecular formula is C12H10F3N3OS2. The number of thioether (sulfide) groups is 1. The van der Waals surface area contributed by atoms with Crippen LogP contribution in [0.25, 0.3) is 0 Å². The molecule has 0 unspecified atom stereocenters. The number of hydrogen-bond acceptors (Lipinski definition) is 5. The lowest BCUT2D eigenvalue weighted by Crippen LogP contribution is -2.22. The van der Waals surface area contributed by atoms with Crippen LogP contribution in [0.2, 0.25) is 0 Å². The largest absolute Gasteiger partial charge is 0.416 e. The van der Waals surface area contributed by atoms with Crippen molar-refractivity contribution in [3.05, 3.63) is 35.3 Å². The van der Waals surface area contributed by atoms with Crippen molar-refractivity contribution in [3.8, 4) is 0 Å². The smallest absolute Gasteiger partial charge is 0.325 e. The number of rotatable bonds is 4. The third kappa shape index (κ3) is 4.43. The van der Waals surface area contributed by atoms with Crippen molar-refractivity contribution in [2.24, 2.45) is 0 Å². The van der Waals surface area contributed by atoms with E-state index in [1.165, 1.54) is 35.2 Å². The molecule has 2 aromatic rings. The maximum Gasteiger partial charge on any atom is 0.416 e. The van der Waals surface area contributed by atoms with E-state index in [0.717, 1.165) is 12.1 Å². The zero-order valence-electron chi connectivity index (χ0n) is 10.7. The lowest BCUT2D eigenvalue weighted by Gasteiger charge is -2.11. The molecule has 0 saturated heterocycles. The number of aromatic nitrogens is 2. The van der Waals surface area contributed by atoms with Crippen molar-refractivity contribution in [2.45, 2.75) is 22.7 Å². The fourth-order valence-corrected chi connectivity index (χ4v) is 3.03. The highest BCUT2D eigenvalue weighted by Crippen LogP contribution is 2.30. The van der Waals surface area contributed by atoms with Crippen LogP contribution in [0, 0.1) is 0 Å². The van der Waals surface area contributed by atoms with Gasteiger partial charge in [0.1, 0.15) is 5.51 Å². The molecule has 0 spiro atoms. The normalized spacial score (nSPS) is 13.0. The average Bonchev–Trinajstić information content (AvgIpc) is 2.91. The number of nitrogens with zero attached hydrogens (tertiary/aromatic N) is 2. The van der Waals surface area contributed by atoms with E-state index < -0.39 is 17.0 Å². The van der Waals surface area contributed by atoms with Gasteiger partial charge in [0, 0.05) is 5.69 Å². The van der Waals surface area contributed by atoms with Crippen molar-refractivity contribution in [2.75, 3.05) is 5.32 Å². The Kier molecular flexibility index (Phi) is 4.84. The molecule has 0 aliphatic heterocycles. The van der Waals surface area contributed by atoms with Gasteiger partial charge in [-0.1, -0.05) is 23.1 Å². The summed E-state index contributed by atoms with van der Waals surface area (Å²) < 4.78 is 37.9. The molecule has 4 nitrogen and oxygen atoms in total. The van der Waals surface area contributed by atoms with Crippen molar-refractivity contribution < 1.29 is 18.0 Å². The fourth-order valence-electron chi connectivity index (χ4n) is 1.41. The Hall–Kier alpha value is -1.61. The Morgan fingerprint density at radius 1 is 1.33 bits per heavy atom. The van der Waals surface area contributed by atoms with E-state index in [0.29, 0.717) is 10.0 Å². The summed E-state index contributed by atoms with van der Waals surface area (Å²) in [6.07, 6.45) is -4.39. The number of carbonyl (C=O) groups is 1. The highest BCUT2D eigenvalue weighted by molar-refractivity contribution is 8.02. The molecule has 112 valence electrons. The molecular weight excluding hydrogens is 323 g/mol. The first-order chi connectivity index (χ1) is 9.86. The molecule has 1 heterocycles. The summed E-state index contributed by atoms with van der Waals surface area (Å²) in [6, 6.07) is 4.31. The molecule has 1 amide bonds. The number of halogens is 3. The van der Waals surface area contributed by atoms with Gasteiger partial charge in [0.2, 0.25) is 5.91 Å². The first kappa shape index (κ1) is 15.8. The second-order valence-corrected chi connectivity index (χ2v) is 6.45. The lowest BCUT2D eigenvalue weighted by molar-refractivity contribution is -0.137. The van der Waals surface area contributed by atoms with Gasteiger partial charge in [0.15, 0.2) is 4.34 Å². The van der Waals surface area contributed by atoms with E-state index in [1.807, 2.05) is 0 Å². The van der Waals surface area contributed by atoms with Gasteiger partial charge in [-0.25, -0.2) is 0 Å². The Labute approximate surface area is 126 Å². The summed E-state index contributed by atoms with van der Waals surface area (Å²) in [5.41, 5.74) is 1.12. The Bertz CT molecular complexity index is 599. The zero-order chi connectivity index (χ0) is 15.5. The molecule has 0 saturated carbocycles. The maximum absolute atomic E-state index is 12.4. The third-order valence-electron chi connectivity index (χ3n) is 2.47. The number of alkyl halides is 3. The predicted octanol–water partition coefficient (Wildman–Crippen LogP) is 3.68. The van der Waals surface area contributed by atoms with Gasteiger partial charge in [0.25, 0.3) is 0 Å². The topological polar surface area (TPSA) is 54.9 Å². The zero-order valence-corrected chi connectivity index (χ0v) is 12.4. The first-order valence-corrected chi connectivity index (χ1v) is 7.53. The van der Waals surface area contributed by atoms with Crippen molar-refractivity contribution >= 4 is 34.7 Å². The second kappa shape index (κ2) is 6.44. The Morgan fingerprint density at radius 3 is 2.52 bits per heavy atom. The number of carbonyl (C=O) groups excluding carboxylic acids is 1. The van der Waals surface area contributed by atoms with Crippen LogP contribution in [0.4, 0.5) is 18.9 Å². The second-order valence-electron chi connectivity index (χ2n) is 4.03. The van der Waals surface area contributed by atoms with Crippen LogP contribution in [0.5, 0.6) is 0 Å². The maximum atomic E-state index is 12.4. The molecule has 0 fully saturated rings. The number of amides is 1. The van der Waals surface area contributed by atoms with Gasteiger partial charge in [0.05, 0.1) is 10.8 Å². The Balaban J connectivity index is 1.96. The van der Waals surface area contributed by atoms with Gasteiger partial charge < -0.3 is 5.32 Å². The van der Waals surface area contributed by atoms with Crippen LogP contribution in [0.1, 0.15) is 12.5 Å². The molecule has 1 aromatic carbocycles. The highest BCUT2D eigenvalue weighted by Gasteiger charge is 2.30. The molecule has 0 radical (unpaired) electrons. The molecule has 1 atom stereocenters. The SMILES string of the molecule is C[C@@H](Sc1nncs1)C(=O)Nc1ccc(C(F)(F)F)cc1. The van der Waals surface area contributed by atoms with E-state index in [2.05, 4.69) is 15.5 Å². The van der Waals surface area contributed by atoms with Crippen LogP contribution < -0.4 is 5.32 Å². The van der Waals surface area contributed by atoms with Gasteiger partial charge in [-0.05, 0) is 31.2 Å². The van der Waals surface area contributed by atoms with Crippen LogP contribution in [0.15, 0.2) is 34.1 Å². The standard InChI is InChI=1S/C12H10F3N3OS2/c1-7(21-11-18-16-6-20-11)10(19)17-9-4-2-8(3-5-9)12(13,14)15/h2-7H,1H3,(H,17,19)/t7-/m1/s1. The van der Waals surface area contributed by atoms with Gasteiger partial charge >= 0.3 is 6.18 Å². The summed E-state index contributed by atoms with van der Waals surface area (Å²) in [6.45, 7) is 1.69. The minimum absolute atomic E-state index is 0.310. The summed E-state index contributed by atoms with van der Waals surface area (Å²) in [5.74, 6) is -0.310. The van der Waals surface area contributed by atoms with Gasteiger partial charge in [-0.3, -0.25) is 4.79 Å². The minimum Gasteiger partial charge on any atom is -0.325 e. The highest BCUT2D eigenvalue weighted by atomic mass is 32.2. The molecule has 9 heteroatoms. The Morgan fingerprint density at radius 2 is 2.00 bits per heavy atom. The predicted molar refractivity (Wildman–Crippen MR) is 75.3 cm³/mol. The molecule has 0 bridgehead atoms. The van der Waals surface area contributed by atoms with Crippen LogP contribution in [-0.2, 0) is 11.0 Å². The fraction of sp³-hybridized carbons (Fsp3) is 0.250. The molecule has 0 aliphatic carbocycles. The molecule has 1 N–H and O–H groups in total. The quantitative estimate of drug-likeness (QED) is 0.867. The van der Waals surface area contributed by atoms with E-state index in [1.54, 1.807) is 12.4 Å². The summed E-state index contributed by atoms with van der Waals surface area (Å²) in [5, 5.41) is 9.60. The van der Waals surface area contributed by atoms with E-state index in [-0.39, 0.29) is 5.91 Å². The number of anilines is 1. The lowest BCUT2D eigenvalue weighted by atomic mass is 10.2. The van der Waals surface area contributed by atoms with Crippen LogP contribution in [-0.4, -0.2) is 21.4 Å². The summed E-state index contributed by atoms with van der Waals surface area (Å²) in [7, 11) is 0. The van der Waals surface area contributed by atoms with Crippen molar-refractivity contribution in [3.63, 3.8) is 0 Å². The number of benzene rings is 1. The average molecular weight is 333 g/mol. The van der Waals surface area contributed by atoms with Crippen molar-refractivity contribution in [1.82, 2.24) is 10.2 Å².